The Labute approximate surface area is 254 Å². The van der Waals surface area contributed by atoms with Crippen molar-refractivity contribution >= 4 is 45.3 Å². The number of fused-ring (bicyclic) bond motifs is 2. The lowest BCUT2D eigenvalue weighted by Gasteiger charge is -2.18. The van der Waals surface area contributed by atoms with Crippen LogP contribution >= 0.6 is 11.9 Å². The van der Waals surface area contributed by atoms with E-state index < -0.39 is 11.7 Å². The standard InChI is InChI=1S/C33H24FN7O2S/c1-19(30-27(20-7-3-2-4-8-20)25-9-5-6-10-26(25)33(42)43-30)41-32-28(31(35)37-18-38-32)29(39-41)21-15-23(17-36-16-21)40-44-24-13-11-22(34)12-14-24/h2-19,40H,1H3,(H2,35,37,38). The number of halogens is 1. The van der Waals surface area contributed by atoms with Crippen LogP contribution < -0.4 is 16.1 Å². The summed E-state index contributed by atoms with van der Waals surface area (Å²) in [5, 5.41) is 6.79. The molecular weight excluding hydrogens is 577 g/mol. The number of aromatic nitrogens is 5. The van der Waals surface area contributed by atoms with E-state index >= 15 is 0 Å². The predicted molar refractivity (Wildman–Crippen MR) is 171 cm³/mol. The van der Waals surface area contributed by atoms with Gasteiger partial charge in [0, 0.05) is 27.6 Å². The molecule has 0 saturated carbocycles. The molecule has 1 unspecified atom stereocenters. The number of hydrogen-bond acceptors (Lipinski definition) is 9. The molecule has 7 aromatic rings. The minimum absolute atomic E-state index is 0.255. The largest absolute Gasteiger partial charge is 0.424 e. The SMILES string of the molecule is CC(c1oc(=O)c2ccccc2c1-c1ccccc1)n1nc(-c2cncc(NSc3ccc(F)cc3)c2)c2c(N)ncnc21. The van der Waals surface area contributed by atoms with Crippen LogP contribution in [0, 0.1) is 5.82 Å². The van der Waals surface area contributed by atoms with E-state index in [1.807, 2.05) is 61.5 Å². The molecule has 0 spiro atoms. The van der Waals surface area contributed by atoms with Gasteiger partial charge in [0.15, 0.2) is 5.65 Å². The summed E-state index contributed by atoms with van der Waals surface area (Å²) in [7, 11) is 0. The van der Waals surface area contributed by atoms with Crippen molar-refractivity contribution in [3.05, 3.63) is 126 Å². The number of hydrogen-bond donors (Lipinski definition) is 2. The molecule has 0 saturated heterocycles. The second-order valence-electron chi connectivity index (χ2n) is 10.1. The highest BCUT2D eigenvalue weighted by Gasteiger charge is 2.26. The van der Waals surface area contributed by atoms with E-state index in [-0.39, 0.29) is 11.6 Å². The molecule has 216 valence electrons. The molecule has 7 rings (SSSR count). The molecule has 0 fully saturated rings. The van der Waals surface area contributed by atoms with Gasteiger partial charge in [-0.1, -0.05) is 48.5 Å². The summed E-state index contributed by atoms with van der Waals surface area (Å²) in [5.41, 5.74) is 10.1. The molecule has 4 aromatic heterocycles. The summed E-state index contributed by atoms with van der Waals surface area (Å²) < 4.78 is 24.3. The first-order valence-corrected chi connectivity index (χ1v) is 14.5. The summed E-state index contributed by atoms with van der Waals surface area (Å²) in [5.74, 6) is 0.399. The van der Waals surface area contributed by atoms with Crippen molar-refractivity contribution in [1.29, 1.82) is 0 Å². The minimum Gasteiger partial charge on any atom is -0.424 e. The Bertz CT molecular complexity index is 2200. The zero-order valence-electron chi connectivity index (χ0n) is 23.3. The van der Waals surface area contributed by atoms with Crippen LogP contribution in [0.15, 0.2) is 118 Å². The van der Waals surface area contributed by atoms with Crippen molar-refractivity contribution in [2.24, 2.45) is 0 Å². The fourth-order valence-corrected chi connectivity index (χ4v) is 5.86. The topological polar surface area (TPSA) is 125 Å². The Morgan fingerprint density at radius 2 is 1.68 bits per heavy atom. The van der Waals surface area contributed by atoms with Gasteiger partial charge >= 0.3 is 5.63 Å². The van der Waals surface area contributed by atoms with E-state index in [4.69, 9.17) is 15.2 Å². The molecule has 0 bridgehead atoms. The Kier molecular flexibility index (Phi) is 6.99. The minimum atomic E-state index is -0.559. The molecule has 0 aliphatic carbocycles. The van der Waals surface area contributed by atoms with Crippen LogP contribution in [0.1, 0.15) is 18.7 Å². The smallest absolute Gasteiger partial charge is 0.343 e. The molecule has 9 nitrogen and oxygen atoms in total. The lowest BCUT2D eigenvalue weighted by molar-refractivity contribution is 0.405. The predicted octanol–water partition coefficient (Wildman–Crippen LogP) is 7.11. The summed E-state index contributed by atoms with van der Waals surface area (Å²) in [6, 6.07) is 24.7. The van der Waals surface area contributed by atoms with Crippen LogP contribution in [0.5, 0.6) is 0 Å². The highest BCUT2D eigenvalue weighted by atomic mass is 32.2. The van der Waals surface area contributed by atoms with Gasteiger partial charge in [0.1, 0.15) is 35.5 Å². The lowest BCUT2D eigenvalue weighted by Crippen LogP contribution is -2.14. The van der Waals surface area contributed by atoms with Gasteiger partial charge in [-0.15, -0.1) is 0 Å². The average Bonchev–Trinajstić information content (AvgIpc) is 3.46. The Morgan fingerprint density at radius 3 is 2.48 bits per heavy atom. The molecule has 0 amide bonds. The van der Waals surface area contributed by atoms with E-state index in [2.05, 4.69) is 19.7 Å². The van der Waals surface area contributed by atoms with Crippen LogP contribution in [0.25, 0.3) is 44.2 Å². The van der Waals surface area contributed by atoms with Crippen molar-refractivity contribution in [3.63, 3.8) is 0 Å². The first-order chi connectivity index (χ1) is 21.5. The summed E-state index contributed by atoms with van der Waals surface area (Å²) >= 11 is 1.33. The number of nitrogen functional groups attached to an aromatic ring is 1. The van der Waals surface area contributed by atoms with Crippen LogP contribution in [-0.2, 0) is 0 Å². The Morgan fingerprint density at radius 1 is 0.932 bits per heavy atom. The first kappa shape index (κ1) is 27.3. The maximum atomic E-state index is 13.3. The molecule has 4 heterocycles. The molecule has 0 aliphatic rings. The average molecular weight is 602 g/mol. The second-order valence-corrected chi connectivity index (χ2v) is 11.0. The molecule has 3 N–H and O–H groups in total. The quantitative estimate of drug-likeness (QED) is 0.184. The third-order valence-corrected chi connectivity index (χ3v) is 8.15. The van der Waals surface area contributed by atoms with E-state index in [0.29, 0.717) is 39.1 Å². The Hall–Kier alpha value is -5.55. The molecule has 0 aliphatic heterocycles. The van der Waals surface area contributed by atoms with E-state index in [0.717, 1.165) is 21.4 Å². The summed E-state index contributed by atoms with van der Waals surface area (Å²) in [4.78, 5) is 27.2. The monoisotopic (exact) mass is 601 g/mol. The van der Waals surface area contributed by atoms with Gasteiger partial charge in [-0.2, -0.15) is 5.10 Å². The third kappa shape index (κ3) is 4.92. The van der Waals surface area contributed by atoms with Crippen molar-refractivity contribution in [2.45, 2.75) is 17.9 Å². The number of anilines is 2. The number of nitrogens with two attached hydrogens (primary N) is 1. The fourth-order valence-electron chi connectivity index (χ4n) is 5.24. The van der Waals surface area contributed by atoms with Crippen molar-refractivity contribution < 1.29 is 8.81 Å². The van der Waals surface area contributed by atoms with E-state index in [9.17, 15) is 9.18 Å². The van der Waals surface area contributed by atoms with Gasteiger partial charge < -0.3 is 14.9 Å². The van der Waals surface area contributed by atoms with Gasteiger partial charge in [-0.3, -0.25) is 4.98 Å². The molecule has 44 heavy (non-hydrogen) atoms. The molecule has 11 heteroatoms. The summed E-state index contributed by atoms with van der Waals surface area (Å²) in [6.07, 6.45) is 4.75. The second kappa shape index (κ2) is 11.3. The third-order valence-electron chi connectivity index (χ3n) is 7.30. The maximum Gasteiger partial charge on any atom is 0.343 e. The highest BCUT2D eigenvalue weighted by molar-refractivity contribution is 8.00. The number of rotatable bonds is 7. The Balaban J connectivity index is 1.35. The number of benzene rings is 3. The lowest BCUT2D eigenvalue weighted by atomic mass is 9.96. The molecular formula is C33H24FN7O2S. The normalized spacial score (nSPS) is 12.0. The van der Waals surface area contributed by atoms with Crippen LogP contribution in [0.2, 0.25) is 0 Å². The van der Waals surface area contributed by atoms with Gasteiger partial charge in [-0.05, 0) is 60.8 Å². The summed E-state index contributed by atoms with van der Waals surface area (Å²) in [6.45, 7) is 1.91. The van der Waals surface area contributed by atoms with Crippen molar-refractivity contribution in [2.75, 3.05) is 10.5 Å². The van der Waals surface area contributed by atoms with E-state index in [1.54, 1.807) is 35.3 Å². The molecule has 1 atom stereocenters. The molecule has 3 aromatic carbocycles. The first-order valence-electron chi connectivity index (χ1n) is 13.7. The van der Waals surface area contributed by atoms with Gasteiger partial charge in [-0.25, -0.2) is 23.8 Å². The zero-order valence-corrected chi connectivity index (χ0v) is 24.1. The zero-order chi connectivity index (χ0) is 30.2. The molecule has 0 radical (unpaired) electrons. The van der Waals surface area contributed by atoms with E-state index in [1.165, 1.54) is 30.4 Å². The number of pyridine rings is 1. The van der Waals surface area contributed by atoms with Crippen molar-refractivity contribution in [3.8, 4) is 22.4 Å². The fraction of sp³-hybridized carbons (Fsp3) is 0.0606. The number of nitrogens with zero attached hydrogens (tertiary/aromatic N) is 5. The van der Waals surface area contributed by atoms with Crippen LogP contribution in [0.4, 0.5) is 15.9 Å². The van der Waals surface area contributed by atoms with Gasteiger partial charge in [0.25, 0.3) is 0 Å². The van der Waals surface area contributed by atoms with Crippen molar-refractivity contribution in [1.82, 2.24) is 24.7 Å². The van der Waals surface area contributed by atoms with Crippen LogP contribution in [0.3, 0.4) is 0 Å². The van der Waals surface area contributed by atoms with Gasteiger partial charge in [0.2, 0.25) is 0 Å². The van der Waals surface area contributed by atoms with Crippen LogP contribution in [-0.4, -0.2) is 24.7 Å². The highest BCUT2D eigenvalue weighted by Crippen LogP contribution is 2.38. The maximum absolute atomic E-state index is 13.3. The number of nitrogens with one attached hydrogen (secondary N) is 1. The van der Waals surface area contributed by atoms with Gasteiger partial charge in [0.05, 0.1) is 22.7 Å².